The molecule has 0 heterocycles. The summed E-state index contributed by atoms with van der Waals surface area (Å²) in [6, 6.07) is 0. The van der Waals surface area contributed by atoms with E-state index in [1.807, 2.05) is 12.2 Å². The van der Waals surface area contributed by atoms with Crippen LogP contribution >= 0.6 is 0 Å². The average Bonchev–Trinajstić information content (AvgIpc) is 2.05. The summed E-state index contributed by atoms with van der Waals surface area (Å²) in [4.78, 5) is 10.3. The van der Waals surface area contributed by atoms with Crippen LogP contribution in [0.25, 0.3) is 0 Å². The van der Waals surface area contributed by atoms with Gasteiger partial charge in [-0.15, -0.1) is 0 Å². The fraction of sp³-hybridized carbons (Fsp3) is 0.500. The minimum Gasteiger partial charge on any atom is -0.298 e. The SMILES string of the molecule is CC(C)C1C=CC(C=O)=CC1. The molecule has 0 bridgehead atoms. The summed E-state index contributed by atoms with van der Waals surface area (Å²) in [6.07, 6.45) is 7.99. The van der Waals surface area contributed by atoms with E-state index in [4.69, 9.17) is 0 Å². The van der Waals surface area contributed by atoms with Crippen LogP contribution in [0.2, 0.25) is 0 Å². The molecule has 0 radical (unpaired) electrons. The van der Waals surface area contributed by atoms with Crippen molar-refractivity contribution in [1.29, 1.82) is 0 Å². The third-order valence-electron chi connectivity index (χ3n) is 2.15. The highest BCUT2D eigenvalue weighted by Crippen LogP contribution is 2.22. The normalized spacial score (nSPS) is 23.5. The summed E-state index contributed by atoms with van der Waals surface area (Å²) in [5.41, 5.74) is 0.821. The van der Waals surface area contributed by atoms with Crippen molar-refractivity contribution in [1.82, 2.24) is 0 Å². The number of allylic oxidation sites excluding steroid dienone is 4. The van der Waals surface area contributed by atoms with Crippen LogP contribution in [-0.4, -0.2) is 6.29 Å². The number of rotatable bonds is 2. The van der Waals surface area contributed by atoms with Crippen LogP contribution in [0.5, 0.6) is 0 Å². The first-order valence-corrected chi connectivity index (χ1v) is 4.07. The summed E-state index contributed by atoms with van der Waals surface area (Å²) in [5.74, 6) is 1.30. The average molecular weight is 150 g/mol. The monoisotopic (exact) mass is 150 g/mol. The van der Waals surface area contributed by atoms with E-state index in [9.17, 15) is 4.79 Å². The Morgan fingerprint density at radius 2 is 2.36 bits per heavy atom. The molecule has 60 valence electrons. The molecule has 0 aliphatic heterocycles. The van der Waals surface area contributed by atoms with E-state index in [1.165, 1.54) is 0 Å². The van der Waals surface area contributed by atoms with E-state index < -0.39 is 0 Å². The standard InChI is InChI=1S/C10H14O/c1-8(2)10-5-3-9(7-11)4-6-10/h3-5,7-8,10H,6H2,1-2H3. The zero-order valence-corrected chi connectivity index (χ0v) is 7.08. The van der Waals surface area contributed by atoms with Crippen LogP contribution in [0.15, 0.2) is 23.8 Å². The molecular weight excluding hydrogens is 136 g/mol. The van der Waals surface area contributed by atoms with Gasteiger partial charge in [0.05, 0.1) is 0 Å². The first-order chi connectivity index (χ1) is 5.24. The van der Waals surface area contributed by atoms with Crippen LogP contribution in [0.1, 0.15) is 20.3 Å². The van der Waals surface area contributed by atoms with Gasteiger partial charge in [-0.3, -0.25) is 4.79 Å². The maximum absolute atomic E-state index is 10.3. The number of carbonyl (C=O) groups is 1. The smallest absolute Gasteiger partial charge is 0.149 e. The molecule has 0 amide bonds. The van der Waals surface area contributed by atoms with Crippen molar-refractivity contribution < 1.29 is 4.79 Å². The van der Waals surface area contributed by atoms with Gasteiger partial charge in [0.15, 0.2) is 0 Å². The molecule has 1 nitrogen and oxygen atoms in total. The third-order valence-corrected chi connectivity index (χ3v) is 2.15. The van der Waals surface area contributed by atoms with Gasteiger partial charge in [-0.25, -0.2) is 0 Å². The maximum atomic E-state index is 10.3. The largest absolute Gasteiger partial charge is 0.298 e. The van der Waals surface area contributed by atoms with Crippen LogP contribution in [0, 0.1) is 11.8 Å². The lowest BCUT2D eigenvalue weighted by Crippen LogP contribution is -2.07. The molecule has 0 fully saturated rings. The summed E-state index contributed by atoms with van der Waals surface area (Å²) >= 11 is 0. The predicted octanol–water partition coefficient (Wildman–Crippen LogP) is 2.34. The fourth-order valence-electron chi connectivity index (χ4n) is 1.24. The van der Waals surface area contributed by atoms with Gasteiger partial charge in [0, 0.05) is 5.57 Å². The van der Waals surface area contributed by atoms with E-state index in [2.05, 4.69) is 19.9 Å². The molecule has 0 aromatic rings. The zero-order valence-electron chi connectivity index (χ0n) is 7.08. The molecule has 1 atom stereocenters. The van der Waals surface area contributed by atoms with Crippen molar-refractivity contribution in [3.8, 4) is 0 Å². The van der Waals surface area contributed by atoms with Gasteiger partial charge in [-0.2, -0.15) is 0 Å². The van der Waals surface area contributed by atoms with Gasteiger partial charge >= 0.3 is 0 Å². The Balaban J connectivity index is 2.57. The summed E-state index contributed by atoms with van der Waals surface area (Å²) in [7, 11) is 0. The van der Waals surface area contributed by atoms with E-state index in [0.717, 1.165) is 18.3 Å². The molecule has 0 spiro atoms. The molecule has 0 N–H and O–H groups in total. The van der Waals surface area contributed by atoms with Crippen molar-refractivity contribution in [2.75, 3.05) is 0 Å². The van der Waals surface area contributed by atoms with Gasteiger partial charge in [0.1, 0.15) is 6.29 Å². The minimum absolute atomic E-state index is 0.624. The lowest BCUT2D eigenvalue weighted by Gasteiger charge is -2.17. The molecular formula is C10H14O. The molecule has 0 aromatic carbocycles. The zero-order chi connectivity index (χ0) is 8.27. The molecule has 1 aliphatic rings. The highest BCUT2D eigenvalue weighted by molar-refractivity contribution is 5.77. The highest BCUT2D eigenvalue weighted by atomic mass is 16.1. The second-order valence-electron chi connectivity index (χ2n) is 3.32. The Morgan fingerprint density at radius 1 is 1.64 bits per heavy atom. The van der Waals surface area contributed by atoms with Gasteiger partial charge in [-0.05, 0) is 18.3 Å². The second-order valence-corrected chi connectivity index (χ2v) is 3.32. The molecule has 1 rings (SSSR count). The fourth-order valence-corrected chi connectivity index (χ4v) is 1.24. The van der Waals surface area contributed by atoms with Crippen molar-refractivity contribution in [2.45, 2.75) is 20.3 Å². The third kappa shape index (κ3) is 2.04. The van der Waals surface area contributed by atoms with Crippen molar-refractivity contribution >= 4 is 6.29 Å². The molecule has 0 saturated carbocycles. The van der Waals surface area contributed by atoms with E-state index in [-0.39, 0.29) is 0 Å². The Morgan fingerprint density at radius 3 is 2.73 bits per heavy atom. The van der Waals surface area contributed by atoms with Crippen LogP contribution in [0.3, 0.4) is 0 Å². The van der Waals surface area contributed by atoms with E-state index >= 15 is 0 Å². The van der Waals surface area contributed by atoms with Gasteiger partial charge < -0.3 is 0 Å². The van der Waals surface area contributed by atoms with Gasteiger partial charge in [0.25, 0.3) is 0 Å². The minimum atomic E-state index is 0.624. The Bertz CT molecular complexity index is 199. The summed E-state index contributed by atoms with van der Waals surface area (Å²) in [6.45, 7) is 4.41. The summed E-state index contributed by atoms with van der Waals surface area (Å²) in [5, 5.41) is 0. The Hall–Kier alpha value is -0.850. The lowest BCUT2D eigenvalue weighted by molar-refractivity contribution is -0.104. The first-order valence-electron chi connectivity index (χ1n) is 4.07. The summed E-state index contributed by atoms with van der Waals surface area (Å²) < 4.78 is 0. The van der Waals surface area contributed by atoms with Crippen molar-refractivity contribution in [3.05, 3.63) is 23.8 Å². The van der Waals surface area contributed by atoms with Crippen molar-refractivity contribution in [2.24, 2.45) is 11.8 Å². The molecule has 1 aliphatic carbocycles. The number of hydrogen-bond acceptors (Lipinski definition) is 1. The first kappa shape index (κ1) is 8.25. The van der Waals surface area contributed by atoms with Gasteiger partial charge in [0.2, 0.25) is 0 Å². The number of carbonyl (C=O) groups excluding carboxylic acids is 1. The molecule has 1 unspecified atom stereocenters. The lowest BCUT2D eigenvalue weighted by atomic mass is 9.88. The highest BCUT2D eigenvalue weighted by Gasteiger charge is 2.11. The van der Waals surface area contributed by atoms with E-state index in [1.54, 1.807) is 0 Å². The molecule has 11 heavy (non-hydrogen) atoms. The Kier molecular flexibility index (Phi) is 2.64. The predicted molar refractivity (Wildman–Crippen MR) is 46.2 cm³/mol. The molecule has 0 saturated heterocycles. The topological polar surface area (TPSA) is 17.1 Å². The van der Waals surface area contributed by atoms with Crippen molar-refractivity contribution in [3.63, 3.8) is 0 Å². The van der Waals surface area contributed by atoms with Crippen LogP contribution in [-0.2, 0) is 4.79 Å². The number of aldehydes is 1. The quantitative estimate of drug-likeness (QED) is 0.552. The molecule has 1 heteroatoms. The Labute approximate surface area is 67.8 Å². The second kappa shape index (κ2) is 3.51. The van der Waals surface area contributed by atoms with Crippen LogP contribution < -0.4 is 0 Å². The number of hydrogen-bond donors (Lipinski definition) is 0. The maximum Gasteiger partial charge on any atom is 0.149 e. The van der Waals surface area contributed by atoms with Crippen LogP contribution in [0.4, 0.5) is 0 Å². The van der Waals surface area contributed by atoms with Gasteiger partial charge in [-0.1, -0.05) is 32.1 Å². The van der Waals surface area contributed by atoms with E-state index in [0.29, 0.717) is 11.8 Å². The molecule has 0 aromatic heterocycles.